The quantitative estimate of drug-likeness (QED) is 0.714. The van der Waals surface area contributed by atoms with E-state index in [9.17, 15) is 18.0 Å². The van der Waals surface area contributed by atoms with E-state index < -0.39 is 27.9 Å². The van der Waals surface area contributed by atoms with Gasteiger partial charge < -0.3 is 10.4 Å². The van der Waals surface area contributed by atoms with Crippen LogP contribution in [0.1, 0.15) is 22.8 Å². The predicted octanol–water partition coefficient (Wildman–Crippen LogP) is 0.106. The maximum Gasteiger partial charge on any atom is 0.335 e. The monoisotopic (exact) mass is 300 g/mol. The molecule has 1 aromatic carbocycles. The zero-order valence-corrected chi connectivity index (χ0v) is 12.1. The first-order chi connectivity index (χ1) is 9.20. The molecule has 0 aliphatic carbocycles. The van der Waals surface area contributed by atoms with Crippen LogP contribution >= 0.6 is 0 Å². The number of sulfonamides is 1. The van der Waals surface area contributed by atoms with Crippen LogP contribution in [0.4, 0.5) is 0 Å². The van der Waals surface area contributed by atoms with E-state index in [4.69, 9.17) is 5.11 Å². The van der Waals surface area contributed by atoms with Crippen molar-refractivity contribution in [2.45, 2.75) is 24.8 Å². The molecule has 3 N–H and O–H groups in total. The van der Waals surface area contributed by atoms with Crippen molar-refractivity contribution in [2.24, 2.45) is 0 Å². The highest BCUT2D eigenvalue weighted by Gasteiger charge is 2.24. The van der Waals surface area contributed by atoms with E-state index in [2.05, 4.69) is 10.0 Å². The van der Waals surface area contributed by atoms with Crippen LogP contribution in [0.15, 0.2) is 23.1 Å². The maximum absolute atomic E-state index is 12.2. The van der Waals surface area contributed by atoms with E-state index in [0.717, 1.165) is 0 Å². The van der Waals surface area contributed by atoms with Gasteiger partial charge in [-0.1, -0.05) is 6.07 Å². The van der Waals surface area contributed by atoms with Gasteiger partial charge >= 0.3 is 5.97 Å². The number of amides is 1. The van der Waals surface area contributed by atoms with Crippen molar-refractivity contribution in [3.63, 3.8) is 0 Å². The summed E-state index contributed by atoms with van der Waals surface area (Å²) in [6, 6.07) is 2.99. The minimum Gasteiger partial charge on any atom is -0.478 e. The van der Waals surface area contributed by atoms with Gasteiger partial charge in [-0.05, 0) is 31.5 Å². The number of hydrogen-bond acceptors (Lipinski definition) is 4. The Bertz CT molecular complexity index is 639. The summed E-state index contributed by atoms with van der Waals surface area (Å²) in [5.74, 6) is -1.69. The van der Waals surface area contributed by atoms with Crippen LogP contribution in [0.25, 0.3) is 0 Å². The fraction of sp³-hybridized carbons (Fsp3) is 0.333. The SMILES string of the molecule is CNC(=O)C(C)NS(=O)(=O)c1cccc(C(=O)O)c1C. The first kappa shape index (κ1) is 16.1. The molecule has 8 heteroatoms. The molecule has 7 nitrogen and oxygen atoms in total. The van der Waals surface area contributed by atoms with Crippen LogP contribution in [0.5, 0.6) is 0 Å². The van der Waals surface area contributed by atoms with Crippen molar-refractivity contribution in [3.8, 4) is 0 Å². The lowest BCUT2D eigenvalue weighted by Crippen LogP contribution is -2.43. The number of likely N-dealkylation sites (N-methyl/N-ethyl adjacent to an activating group) is 1. The summed E-state index contributed by atoms with van der Waals surface area (Å²) in [5, 5.41) is 11.3. The van der Waals surface area contributed by atoms with Crippen LogP contribution in [0, 0.1) is 6.92 Å². The van der Waals surface area contributed by atoms with Gasteiger partial charge in [-0.2, -0.15) is 4.72 Å². The van der Waals surface area contributed by atoms with Gasteiger partial charge in [0.15, 0.2) is 0 Å². The number of aromatic carboxylic acids is 1. The van der Waals surface area contributed by atoms with Crippen LogP contribution in [0.2, 0.25) is 0 Å². The van der Waals surface area contributed by atoms with E-state index >= 15 is 0 Å². The molecule has 0 saturated carbocycles. The van der Waals surface area contributed by atoms with Crippen molar-refractivity contribution in [2.75, 3.05) is 7.05 Å². The Morgan fingerprint density at radius 2 is 1.90 bits per heavy atom. The Kier molecular flexibility index (Phi) is 4.85. The number of rotatable bonds is 5. The van der Waals surface area contributed by atoms with Crippen LogP contribution in [-0.4, -0.2) is 38.5 Å². The molecular formula is C12H16N2O5S. The van der Waals surface area contributed by atoms with Gasteiger partial charge in [0.1, 0.15) is 0 Å². The normalized spacial score (nSPS) is 12.8. The topological polar surface area (TPSA) is 113 Å². The summed E-state index contributed by atoms with van der Waals surface area (Å²) in [6.45, 7) is 2.80. The second-order valence-electron chi connectivity index (χ2n) is 4.19. The Morgan fingerprint density at radius 3 is 2.40 bits per heavy atom. The van der Waals surface area contributed by atoms with Gasteiger partial charge in [0.2, 0.25) is 15.9 Å². The molecule has 0 bridgehead atoms. The molecule has 0 fully saturated rings. The van der Waals surface area contributed by atoms with E-state index in [1.807, 2.05) is 0 Å². The zero-order chi connectivity index (χ0) is 15.5. The number of hydrogen-bond donors (Lipinski definition) is 3. The lowest BCUT2D eigenvalue weighted by atomic mass is 10.1. The van der Waals surface area contributed by atoms with Gasteiger partial charge in [-0.15, -0.1) is 0 Å². The van der Waals surface area contributed by atoms with Crippen LogP contribution in [-0.2, 0) is 14.8 Å². The lowest BCUT2D eigenvalue weighted by molar-refractivity contribution is -0.121. The number of nitrogens with one attached hydrogen (secondary N) is 2. The molecular weight excluding hydrogens is 284 g/mol. The minimum absolute atomic E-state index is 0.0968. The third-order valence-electron chi connectivity index (χ3n) is 2.78. The van der Waals surface area contributed by atoms with E-state index in [0.29, 0.717) is 0 Å². The molecule has 0 aliphatic rings. The van der Waals surface area contributed by atoms with Gasteiger partial charge in [0.25, 0.3) is 0 Å². The number of carboxylic acids is 1. The molecule has 0 aliphatic heterocycles. The first-order valence-electron chi connectivity index (χ1n) is 5.77. The van der Waals surface area contributed by atoms with Crippen LogP contribution in [0.3, 0.4) is 0 Å². The minimum atomic E-state index is -3.98. The fourth-order valence-corrected chi connectivity index (χ4v) is 3.17. The van der Waals surface area contributed by atoms with E-state index in [1.54, 1.807) is 0 Å². The van der Waals surface area contributed by atoms with Crippen molar-refractivity contribution in [3.05, 3.63) is 29.3 Å². The van der Waals surface area contributed by atoms with Crippen molar-refractivity contribution < 1.29 is 23.1 Å². The molecule has 1 amide bonds. The second kappa shape index (κ2) is 6.02. The zero-order valence-electron chi connectivity index (χ0n) is 11.3. The molecule has 0 saturated heterocycles. The van der Waals surface area contributed by atoms with Crippen molar-refractivity contribution in [1.82, 2.24) is 10.0 Å². The van der Waals surface area contributed by atoms with Gasteiger partial charge in [0, 0.05) is 7.05 Å². The number of carbonyl (C=O) groups is 2. The summed E-state index contributed by atoms with van der Waals surface area (Å²) in [7, 11) is -2.58. The van der Waals surface area contributed by atoms with Gasteiger partial charge in [-0.3, -0.25) is 4.79 Å². The molecule has 110 valence electrons. The Morgan fingerprint density at radius 1 is 1.30 bits per heavy atom. The maximum atomic E-state index is 12.2. The van der Waals surface area contributed by atoms with Gasteiger partial charge in [0.05, 0.1) is 16.5 Å². The standard InChI is InChI=1S/C12H16N2O5S/c1-7-9(12(16)17)5-4-6-10(7)20(18,19)14-8(2)11(15)13-3/h4-6,8,14H,1-3H3,(H,13,15)(H,16,17). The van der Waals surface area contributed by atoms with Crippen molar-refractivity contribution in [1.29, 1.82) is 0 Å². The number of benzene rings is 1. The predicted molar refractivity (Wildman–Crippen MR) is 72.0 cm³/mol. The first-order valence-corrected chi connectivity index (χ1v) is 7.26. The fourth-order valence-electron chi connectivity index (χ4n) is 1.70. The van der Waals surface area contributed by atoms with E-state index in [-0.39, 0.29) is 16.0 Å². The molecule has 1 unspecified atom stereocenters. The molecule has 1 rings (SSSR count). The number of carboxylic acid groups (broad SMARTS) is 1. The average Bonchev–Trinajstić information content (AvgIpc) is 2.36. The van der Waals surface area contributed by atoms with E-state index in [1.165, 1.54) is 39.1 Å². The Balaban J connectivity index is 3.20. The average molecular weight is 300 g/mol. The number of carbonyl (C=O) groups excluding carboxylic acids is 1. The molecule has 1 atom stereocenters. The van der Waals surface area contributed by atoms with Crippen LogP contribution < -0.4 is 10.0 Å². The summed E-state index contributed by atoms with van der Waals surface area (Å²) in [4.78, 5) is 22.2. The molecule has 20 heavy (non-hydrogen) atoms. The third kappa shape index (κ3) is 3.34. The lowest BCUT2D eigenvalue weighted by Gasteiger charge is -2.15. The smallest absolute Gasteiger partial charge is 0.335 e. The summed E-state index contributed by atoms with van der Waals surface area (Å²) in [5.41, 5.74) is 0.0251. The molecule has 0 radical (unpaired) electrons. The Hall–Kier alpha value is -1.93. The third-order valence-corrected chi connectivity index (χ3v) is 4.46. The second-order valence-corrected chi connectivity index (χ2v) is 5.87. The largest absolute Gasteiger partial charge is 0.478 e. The molecule has 0 aromatic heterocycles. The highest BCUT2D eigenvalue weighted by molar-refractivity contribution is 7.89. The summed E-state index contributed by atoms with van der Waals surface area (Å²) in [6.07, 6.45) is 0. The highest BCUT2D eigenvalue weighted by atomic mass is 32.2. The Labute approximate surface area is 117 Å². The molecule has 0 spiro atoms. The molecule has 1 aromatic rings. The highest BCUT2D eigenvalue weighted by Crippen LogP contribution is 2.19. The van der Waals surface area contributed by atoms with Gasteiger partial charge in [-0.25, -0.2) is 13.2 Å². The van der Waals surface area contributed by atoms with Crippen molar-refractivity contribution >= 4 is 21.9 Å². The summed E-state index contributed by atoms with van der Waals surface area (Å²) < 4.78 is 26.5. The summed E-state index contributed by atoms with van der Waals surface area (Å²) >= 11 is 0. The molecule has 0 heterocycles.